The molecule has 19 heavy (non-hydrogen) atoms. The van der Waals surface area contributed by atoms with Crippen molar-refractivity contribution in [1.29, 1.82) is 0 Å². The number of aromatic hydroxyl groups is 1. The van der Waals surface area contributed by atoms with Crippen molar-refractivity contribution in [2.45, 2.75) is 0 Å². The van der Waals surface area contributed by atoms with Gasteiger partial charge in [-0.05, 0) is 62.2 Å². The molecule has 2 N–H and O–H groups in total. The lowest BCUT2D eigenvalue weighted by molar-refractivity contribution is 0.102. The Kier molecular flexibility index (Phi) is 4.50. The maximum Gasteiger partial charge on any atom is 0.255 e. The number of carbonyl (C=O) groups excluding carboxylic acids is 1. The predicted molar refractivity (Wildman–Crippen MR) is 82.9 cm³/mol. The van der Waals surface area contributed by atoms with Gasteiger partial charge in [-0.1, -0.05) is 17.7 Å². The quantitative estimate of drug-likeness (QED) is 0.752. The van der Waals surface area contributed by atoms with Gasteiger partial charge in [0, 0.05) is 5.56 Å². The number of hydrogen-bond acceptors (Lipinski definition) is 2. The third kappa shape index (κ3) is 3.29. The highest BCUT2D eigenvalue weighted by atomic mass is 79.9. The monoisotopic (exact) mass is 403 g/mol. The summed E-state index contributed by atoms with van der Waals surface area (Å²) in [5.74, 6) is -0.316. The SMILES string of the molecule is O=C(Nc1cccc(Cl)c1Br)c1ccc(Br)c(O)c1. The van der Waals surface area contributed by atoms with Gasteiger partial charge in [0.2, 0.25) is 0 Å². The van der Waals surface area contributed by atoms with E-state index in [1.54, 1.807) is 30.3 Å². The van der Waals surface area contributed by atoms with Crippen molar-refractivity contribution in [2.75, 3.05) is 5.32 Å². The van der Waals surface area contributed by atoms with Crippen LogP contribution in [-0.4, -0.2) is 11.0 Å². The Morgan fingerprint density at radius 3 is 2.63 bits per heavy atom. The fraction of sp³-hybridized carbons (Fsp3) is 0. The first-order valence-corrected chi connectivity index (χ1v) is 7.19. The third-order valence-electron chi connectivity index (χ3n) is 2.41. The third-order valence-corrected chi connectivity index (χ3v) is 4.48. The normalized spacial score (nSPS) is 10.3. The number of nitrogens with one attached hydrogen (secondary N) is 1. The second-order valence-corrected chi connectivity index (χ2v) is 5.78. The summed E-state index contributed by atoms with van der Waals surface area (Å²) >= 11 is 12.4. The molecule has 0 aliphatic heterocycles. The van der Waals surface area contributed by atoms with Gasteiger partial charge in [0.05, 0.1) is 19.7 Å². The minimum Gasteiger partial charge on any atom is -0.507 e. The van der Waals surface area contributed by atoms with E-state index in [2.05, 4.69) is 37.2 Å². The molecule has 0 heterocycles. The molecule has 2 aromatic carbocycles. The van der Waals surface area contributed by atoms with Gasteiger partial charge in [0.15, 0.2) is 0 Å². The summed E-state index contributed by atoms with van der Waals surface area (Å²) in [6, 6.07) is 9.79. The van der Waals surface area contributed by atoms with Crippen LogP contribution in [0.3, 0.4) is 0 Å². The highest BCUT2D eigenvalue weighted by Crippen LogP contribution is 2.31. The molecule has 0 spiro atoms. The number of halogens is 3. The molecule has 0 saturated carbocycles. The molecule has 0 aromatic heterocycles. The minimum atomic E-state index is -0.328. The topological polar surface area (TPSA) is 49.3 Å². The van der Waals surface area contributed by atoms with Gasteiger partial charge in [0.1, 0.15) is 5.75 Å². The summed E-state index contributed by atoms with van der Waals surface area (Å²) in [6.07, 6.45) is 0. The van der Waals surface area contributed by atoms with Crippen LogP contribution in [0.1, 0.15) is 10.4 Å². The highest BCUT2D eigenvalue weighted by molar-refractivity contribution is 9.11. The average molecular weight is 405 g/mol. The van der Waals surface area contributed by atoms with Crippen LogP contribution in [0.5, 0.6) is 5.75 Å². The lowest BCUT2D eigenvalue weighted by Gasteiger charge is -2.09. The Hall–Kier alpha value is -1.04. The molecule has 0 saturated heterocycles. The number of rotatable bonds is 2. The molecule has 2 aromatic rings. The van der Waals surface area contributed by atoms with Crippen molar-refractivity contribution in [1.82, 2.24) is 0 Å². The molecule has 2 rings (SSSR count). The predicted octanol–water partition coefficient (Wildman–Crippen LogP) is 4.82. The van der Waals surface area contributed by atoms with Crippen LogP contribution in [0.15, 0.2) is 45.3 Å². The van der Waals surface area contributed by atoms with Gasteiger partial charge in [-0.25, -0.2) is 0 Å². The Morgan fingerprint density at radius 2 is 1.95 bits per heavy atom. The van der Waals surface area contributed by atoms with Gasteiger partial charge in [-0.3, -0.25) is 4.79 Å². The van der Waals surface area contributed by atoms with E-state index >= 15 is 0 Å². The van der Waals surface area contributed by atoms with Crippen LogP contribution in [0.25, 0.3) is 0 Å². The van der Waals surface area contributed by atoms with Crippen LogP contribution in [0.2, 0.25) is 5.02 Å². The van der Waals surface area contributed by atoms with Crippen LogP contribution < -0.4 is 5.32 Å². The Bertz CT molecular complexity index is 647. The summed E-state index contributed by atoms with van der Waals surface area (Å²) in [4.78, 5) is 12.0. The standard InChI is InChI=1S/C13H8Br2ClNO2/c14-8-5-4-7(6-11(8)18)13(19)17-10-3-1-2-9(16)12(10)15/h1-6,18H,(H,17,19). The number of amides is 1. The van der Waals surface area contributed by atoms with E-state index in [9.17, 15) is 9.90 Å². The Labute approximate surface area is 131 Å². The van der Waals surface area contributed by atoms with E-state index in [4.69, 9.17) is 11.6 Å². The number of phenolic OH excluding ortho intramolecular Hbond substituents is 1. The van der Waals surface area contributed by atoms with Gasteiger partial charge in [-0.15, -0.1) is 0 Å². The molecule has 0 unspecified atom stereocenters. The van der Waals surface area contributed by atoms with Gasteiger partial charge >= 0.3 is 0 Å². The van der Waals surface area contributed by atoms with Crippen LogP contribution in [-0.2, 0) is 0 Å². The molecular formula is C13H8Br2ClNO2. The second-order valence-electron chi connectivity index (χ2n) is 3.72. The number of phenols is 1. The zero-order valence-electron chi connectivity index (χ0n) is 9.45. The van der Waals surface area contributed by atoms with Crippen molar-refractivity contribution in [3.05, 3.63) is 55.9 Å². The molecule has 0 bridgehead atoms. The number of carbonyl (C=O) groups is 1. The smallest absolute Gasteiger partial charge is 0.255 e. The van der Waals surface area contributed by atoms with Crippen molar-refractivity contribution in [3.8, 4) is 5.75 Å². The fourth-order valence-corrected chi connectivity index (χ4v) is 2.23. The first-order valence-electron chi connectivity index (χ1n) is 5.23. The molecular weight excluding hydrogens is 397 g/mol. The summed E-state index contributed by atoms with van der Waals surface area (Å²) < 4.78 is 1.15. The summed E-state index contributed by atoms with van der Waals surface area (Å²) in [5.41, 5.74) is 0.924. The largest absolute Gasteiger partial charge is 0.507 e. The summed E-state index contributed by atoms with van der Waals surface area (Å²) in [6.45, 7) is 0. The van der Waals surface area contributed by atoms with Crippen molar-refractivity contribution >= 4 is 55.1 Å². The van der Waals surface area contributed by atoms with E-state index < -0.39 is 0 Å². The van der Waals surface area contributed by atoms with Gasteiger partial charge in [0.25, 0.3) is 5.91 Å². The molecule has 0 aliphatic rings. The van der Waals surface area contributed by atoms with Crippen molar-refractivity contribution in [2.24, 2.45) is 0 Å². The molecule has 1 amide bonds. The fourth-order valence-electron chi connectivity index (χ4n) is 1.45. The molecule has 3 nitrogen and oxygen atoms in total. The van der Waals surface area contributed by atoms with E-state index in [0.717, 1.165) is 0 Å². The molecule has 6 heteroatoms. The van der Waals surface area contributed by atoms with E-state index in [1.165, 1.54) is 6.07 Å². The number of hydrogen-bond donors (Lipinski definition) is 2. The van der Waals surface area contributed by atoms with Gasteiger partial charge < -0.3 is 10.4 Å². The number of anilines is 1. The van der Waals surface area contributed by atoms with Gasteiger partial charge in [-0.2, -0.15) is 0 Å². The lowest BCUT2D eigenvalue weighted by Crippen LogP contribution is -2.12. The Morgan fingerprint density at radius 1 is 1.21 bits per heavy atom. The Balaban J connectivity index is 2.26. The molecule has 0 atom stereocenters. The zero-order valence-corrected chi connectivity index (χ0v) is 13.4. The molecule has 0 radical (unpaired) electrons. The van der Waals surface area contributed by atoms with Crippen molar-refractivity contribution in [3.63, 3.8) is 0 Å². The number of benzene rings is 2. The second kappa shape index (κ2) is 5.94. The lowest BCUT2D eigenvalue weighted by atomic mass is 10.2. The van der Waals surface area contributed by atoms with Crippen LogP contribution in [0, 0.1) is 0 Å². The van der Waals surface area contributed by atoms with E-state index in [-0.39, 0.29) is 11.7 Å². The first kappa shape index (κ1) is 14.4. The van der Waals surface area contributed by atoms with E-state index in [1.807, 2.05) is 0 Å². The molecule has 0 aliphatic carbocycles. The summed E-state index contributed by atoms with van der Waals surface area (Å²) in [7, 11) is 0. The van der Waals surface area contributed by atoms with Crippen molar-refractivity contribution < 1.29 is 9.90 Å². The maximum atomic E-state index is 12.0. The first-order chi connectivity index (χ1) is 8.99. The van der Waals surface area contributed by atoms with Crippen LogP contribution >= 0.6 is 43.5 Å². The van der Waals surface area contributed by atoms with E-state index in [0.29, 0.717) is 25.2 Å². The zero-order chi connectivity index (χ0) is 14.0. The summed E-state index contributed by atoms with van der Waals surface area (Å²) in [5, 5.41) is 12.8. The average Bonchev–Trinajstić information content (AvgIpc) is 2.38. The maximum absolute atomic E-state index is 12.0. The minimum absolute atomic E-state index is 0.0119. The molecule has 0 fully saturated rings. The molecule has 98 valence electrons. The highest BCUT2D eigenvalue weighted by Gasteiger charge is 2.11. The van der Waals surface area contributed by atoms with Crippen LogP contribution in [0.4, 0.5) is 5.69 Å².